The van der Waals surface area contributed by atoms with E-state index in [1.54, 1.807) is 22.7 Å². The van der Waals surface area contributed by atoms with Crippen LogP contribution in [0.5, 0.6) is 0 Å². The molecule has 4 heterocycles. The fourth-order valence-electron chi connectivity index (χ4n) is 6.93. The molecule has 10 rings (SSSR count). The maximum absolute atomic E-state index is 5.01. The summed E-state index contributed by atoms with van der Waals surface area (Å²) in [5, 5.41) is 4.83. The molecular weight excluding hydrogens is 677 g/mol. The highest BCUT2D eigenvalue weighted by atomic mass is 32.1. The Kier molecular flexibility index (Phi) is 7.19. The molecule has 4 aromatic heterocycles. The van der Waals surface area contributed by atoms with Gasteiger partial charge in [0.2, 0.25) is 0 Å². The zero-order valence-corrected chi connectivity index (χ0v) is 29.8. The van der Waals surface area contributed by atoms with Gasteiger partial charge in [0, 0.05) is 62.6 Å². The Balaban J connectivity index is 1.000. The van der Waals surface area contributed by atoms with Crippen LogP contribution in [-0.4, -0.2) is 29.9 Å². The second-order valence-electron chi connectivity index (χ2n) is 12.8. The molecule has 0 unspecified atom stereocenters. The minimum Gasteiger partial charge on any atom is -0.213 e. The molecule has 0 atom stereocenters. The van der Waals surface area contributed by atoms with Gasteiger partial charge in [0.1, 0.15) is 11.6 Å². The Bertz CT molecular complexity index is 2990. The molecule has 0 spiro atoms. The zero-order valence-electron chi connectivity index (χ0n) is 28.2. The third-order valence-corrected chi connectivity index (χ3v) is 11.7. The Morgan fingerprint density at radius 1 is 0.346 bits per heavy atom. The van der Waals surface area contributed by atoms with E-state index in [4.69, 9.17) is 24.9 Å². The molecule has 0 bridgehead atoms. The fourth-order valence-corrected chi connectivity index (χ4v) is 9.13. The van der Waals surface area contributed by atoms with E-state index >= 15 is 0 Å². The van der Waals surface area contributed by atoms with Crippen LogP contribution in [0.25, 0.3) is 97.0 Å². The molecule has 0 saturated carbocycles. The van der Waals surface area contributed by atoms with E-state index in [2.05, 4.69) is 108 Å². The molecule has 6 aromatic carbocycles. The zero-order chi connectivity index (χ0) is 34.8. The Labute approximate surface area is 307 Å². The number of rotatable bonds is 5. The molecule has 6 nitrogen and oxygen atoms in total. The van der Waals surface area contributed by atoms with Crippen molar-refractivity contribution in [2.45, 2.75) is 13.8 Å². The van der Waals surface area contributed by atoms with Gasteiger partial charge in [0.15, 0.2) is 23.3 Å². The molecule has 0 saturated heterocycles. The average molecular weight is 705 g/mol. The first kappa shape index (κ1) is 30.6. The summed E-state index contributed by atoms with van der Waals surface area (Å²) < 4.78 is 4.96. The summed E-state index contributed by atoms with van der Waals surface area (Å²) in [6, 6.07) is 46.7. The smallest absolute Gasteiger partial charge is 0.164 e. The predicted molar refractivity (Wildman–Crippen MR) is 216 cm³/mol. The second kappa shape index (κ2) is 12.2. The highest BCUT2D eigenvalue weighted by molar-refractivity contribution is 7.26. The third kappa shape index (κ3) is 5.31. The number of benzene rings is 6. The van der Waals surface area contributed by atoms with Gasteiger partial charge < -0.3 is 0 Å². The van der Waals surface area contributed by atoms with Gasteiger partial charge in [-0.25, -0.2) is 29.9 Å². The molecule has 0 amide bonds. The number of hydrogen-bond donors (Lipinski definition) is 0. The summed E-state index contributed by atoms with van der Waals surface area (Å²) in [5.74, 6) is 4.11. The van der Waals surface area contributed by atoms with Crippen molar-refractivity contribution in [2.75, 3.05) is 0 Å². The van der Waals surface area contributed by atoms with Crippen LogP contribution in [0.15, 0.2) is 133 Å². The standard InChI is InChI=1S/C44H28N6S2/c1-25-45-41(28-9-4-3-5-10-28)49-43(47-25)31-20-22-38-35(24-31)34-23-30(19-21-37(34)51-38)27-15-17-29(18-16-27)42-46-26(2)48-44(50-42)33-12-8-14-39-40(33)32-11-6-7-13-36(32)52-39/h3-24H,1-2H3. The van der Waals surface area contributed by atoms with E-state index < -0.39 is 0 Å². The van der Waals surface area contributed by atoms with Crippen molar-refractivity contribution in [2.24, 2.45) is 0 Å². The largest absolute Gasteiger partial charge is 0.213 e. The Morgan fingerprint density at radius 2 is 0.846 bits per heavy atom. The average Bonchev–Trinajstić information content (AvgIpc) is 3.75. The minimum atomic E-state index is 0.668. The van der Waals surface area contributed by atoms with Crippen LogP contribution in [0.1, 0.15) is 11.6 Å². The van der Waals surface area contributed by atoms with Crippen LogP contribution in [0, 0.1) is 13.8 Å². The summed E-state index contributed by atoms with van der Waals surface area (Å²) in [4.78, 5) is 28.8. The van der Waals surface area contributed by atoms with E-state index in [1.807, 2.05) is 44.2 Å². The van der Waals surface area contributed by atoms with Gasteiger partial charge in [-0.2, -0.15) is 0 Å². The molecule has 52 heavy (non-hydrogen) atoms. The Hall–Kier alpha value is -6.22. The van der Waals surface area contributed by atoms with Crippen molar-refractivity contribution in [3.63, 3.8) is 0 Å². The van der Waals surface area contributed by atoms with Crippen molar-refractivity contribution in [1.29, 1.82) is 0 Å². The van der Waals surface area contributed by atoms with Crippen LogP contribution in [-0.2, 0) is 0 Å². The van der Waals surface area contributed by atoms with Crippen LogP contribution < -0.4 is 0 Å². The van der Waals surface area contributed by atoms with Gasteiger partial charge in [-0.05, 0) is 67.4 Å². The van der Waals surface area contributed by atoms with Crippen molar-refractivity contribution in [3.05, 3.63) is 145 Å². The topological polar surface area (TPSA) is 77.3 Å². The molecule has 0 aliphatic carbocycles. The second-order valence-corrected chi connectivity index (χ2v) is 15.0. The molecule has 0 radical (unpaired) electrons. The monoisotopic (exact) mass is 704 g/mol. The molecule has 0 N–H and O–H groups in total. The fraction of sp³-hybridized carbons (Fsp3) is 0.0455. The number of nitrogens with zero attached hydrogens (tertiary/aromatic N) is 6. The molecule has 0 fully saturated rings. The van der Waals surface area contributed by atoms with Crippen molar-refractivity contribution >= 4 is 63.0 Å². The first-order valence-electron chi connectivity index (χ1n) is 17.0. The first-order valence-corrected chi connectivity index (χ1v) is 18.7. The van der Waals surface area contributed by atoms with Gasteiger partial charge in [0.05, 0.1) is 0 Å². The van der Waals surface area contributed by atoms with Gasteiger partial charge in [0.25, 0.3) is 0 Å². The minimum absolute atomic E-state index is 0.668. The molecular formula is C44H28N6S2. The van der Waals surface area contributed by atoms with Gasteiger partial charge in [-0.15, -0.1) is 22.7 Å². The maximum atomic E-state index is 5.01. The van der Waals surface area contributed by atoms with Gasteiger partial charge in [-0.3, -0.25) is 0 Å². The van der Waals surface area contributed by atoms with E-state index in [-0.39, 0.29) is 0 Å². The van der Waals surface area contributed by atoms with Crippen molar-refractivity contribution in [3.8, 4) is 56.7 Å². The third-order valence-electron chi connectivity index (χ3n) is 9.37. The number of fused-ring (bicyclic) bond motifs is 6. The first-order chi connectivity index (χ1) is 25.5. The highest BCUT2D eigenvalue weighted by Gasteiger charge is 2.16. The summed E-state index contributed by atoms with van der Waals surface area (Å²) in [6.07, 6.45) is 0. The predicted octanol–water partition coefficient (Wildman–Crippen LogP) is 11.7. The summed E-state index contributed by atoms with van der Waals surface area (Å²) in [6.45, 7) is 3.85. The number of aryl methyl sites for hydroxylation is 2. The lowest BCUT2D eigenvalue weighted by Crippen LogP contribution is -1.99. The number of hydrogen-bond acceptors (Lipinski definition) is 8. The lowest BCUT2D eigenvalue weighted by molar-refractivity contribution is 0.992. The summed E-state index contributed by atoms with van der Waals surface area (Å²) in [7, 11) is 0. The summed E-state index contributed by atoms with van der Waals surface area (Å²) >= 11 is 3.60. The maximum Gasteiger partial charge on any atom is 0.164 e. The van der Waals surface area contributed by atoms with E-state index in [9.17, 15) is 0 Å². The van der Waals surface area contributed by atoms with Crippen LogP contribution in [0.3, 0.4) is 0 Å². The normalized spacial score (nSPS) is 11.7. The lowest BCUT2D eigenvalue weighted by Gasteiger charge is -2.08. The number of aromatic nitrogens is 6. The molecule has 0 aliphatic heterocycles. The molecule has 8 heteroatoms. The highest BCUT2D eigenvalue weighted by Crippen LogP contribution is 2.40. The SMILES string of the molecule is Cc1nc(-c2ccccc2)nc(-c2ccc3sc4ccc(-c5ccc(-c6nc(C)nc(-c7cccc8sc9ccccc9c78)n6)cc5)cc4c3c2)n1. The lowest BCUT2D eigenvalue weighted by atomic mass is 10.0. The van der Waals surface area contributed by atoms with Gasteiger partial charge in [-0.1, -0.05) is 91.0 Å². The van der Waals surface area contributed by atoms with Crippen molar-refractivity contribution in [1.82, 2.24) is 29.9 Å². The van der Waals surface area contributed by atoms with Crippen molar-refractivity contribution < 1.29 is 0 Å². The number of thiophene rings is 2. The quantitative estimate of drug-likeness (QED) is 0.177. The molecule has 10 aromatic rings. The summed E-state index contributed by atoms with van der Waals surface area (Å²) in [5.41, 5.74) is 6.20. The Morgan fingerprint density at radius 3 is 1.60 bits per heavy atom. The van der Waals surface area contributed by atoms with E-state index in [0.29, 0.717) is 34.9 Å². The van der Waals surface area contributed by atoms with E-state index in [0.717, 1.165) is 33.4 Å². The van der Waals surface area contributed by atoms with E-state index in [1.165, 1.54) is 40.3 Å². The molecule has 0 aliphatic rings. The van der Waals surface area contributed by atoms with Crippen LogP contribution in [0.4, 0.5) is 0 Å². The van der Waals surface area contributed by atoms with Gasteiger partial charge >= 0.3 is 0 Å². The molecule has 246 valence electrons. The van der Waals surface area contributed by atoms with Crippen LogP contribution >= 0.6 is 22.7 Å². The van der Waals surface area contributed by atoms with Crippen LogP contribution in [0.2, 0.25) is 0 Å².